The van der Waals surface area contributed by atoms with Crippen molar-refractivity contribution >= 4 is 17.3 Å². The molecule has 0 aliphatic rings. The lowest BCUT2D eigenvalue weighted by molar-refractivity contribution is 0.254. The molecule has 1 rings (SSSR count). The summed E-state index contributed by atoms with van der Waals surface area (Å²) in [5.41, 5.74) is 0.922. The zero-order valence-corrected chi connectivity index (χ0v) is 12.4. The highest BCUT2D eigenvalue weighted by Crippen LogP contribution is 2.11. The van der Waals surface area contributed by atoms with Crippen molar-refractivity contribution in [3.05, 3.63) is 29.8 Å². The van der Waals surface area contributed by atoms with E-state index in [2.05, 4.69) is 10.6 Å². The lowest BCUT2D eigenvalue weighted by Crippen LogP contribution is -2.50. The summed E-state index contributed by atoms with van der Waals surface area (Å²) in [7, 11) is 0. The number of aliphatic hydroxyl groups excluding tert-OH is 1. The van der Waals surface area contributed by atoms with Gasteiger partial charge in [-0.2, -0.15) is 0 Å². The molecule has 4 N–H and O–H groups in total. The van der Waals surface area contributed by atoms with E-state index in [1.165, 1.54) is 0 Å². The van der Waals surface area contributed by atoms with Gasteiger partial charge in [0.1, 0.15) is 5.75 Å². The number of rotatable bonds is 4. The van der Waals surface area contributed by atoms with E-state index in [9.17, 15) is 10.2 Å². The van der Waals surface area contributed by atoms with Gasteiger partial charge in [0, 0.05) is 5.54 Å². The second kappa shape index (κ2) is 6.73. The van der Waals surface area contributed by atoms with Crippen molar-refractivity contribution in [3.63, 3.8) is 0 Å². The third-order valence-electron chi connectivity index (χ3n) is 2.46. The Kier molecular flexibility index (Phi) is 5.57. The molecule has 4 nitrogen and oxygen atoms in total. The second-order valence-corrected chi connectivity index (χ2v) is 6.01. The molecule has 0 heterocycles. The van der Waals surface area contributed by atoms with Crippen LogP contribution in [0.15, 0.2) is 24.3 Å². The molecule has 1 unspecified atom stereocenters. The van der Waals surface area contributed by atoms with Crippen LogP contribution in [0.4, 0.5) is 0 Å². The van der Waals surface area contributed by atoms with Gasteiger partial charge in [0.15, 0.2) is 5.11 Å². The number of phenols is 1. The van der Waals surface area contributed by atoms with Crippen LogP contribution in [-0.4, -0.2) is 33.5 Å². The largest absolute Gasteiger partial charge is 0.508 e. The number of aromatic hydroxyl groups is 1. The van der Waals surface area contributed by atoms with Gasteiger partial charge in [-0.1, -0.05) is 12.1 Å². The van der Waals surface area contributed by atoms with Crippen molar-refractivity contribution in [1.29, 1.82) is 0 Å². The van der Waals surface area contributed by atoms with Gasteiger partial charge in [-0.05, 0) is 57.1 Å². The number of phenolic OH excluding ortho intramolecular Hbond substituents is 1. The van der Waals surface area contributed by atoms with E-state index in [-0.39, 0.29) is 23.9 Å². The summed E-state index contributed by atoms with van der Waals surface area (Å²) in [4.78, 5) is 0. The molecule has 0 aliphatic carbocycles. The van der Waals surface area contributed by atoms with Crippen LogP contribution in [0, 0.1) is 0 Å². The highest BCUT2D eigenvalue weighted by molar-refractivity contribution is 7.80. The van der Waals surface area contributed by atoms with E-state index in [1.54, 1.807) is 12.1 Å². The highest BCUT2D eigenvalue weighted by Gasteiger charge is 2.14. The molecule has 0 aliphatic heterocycles. The fourth-order valence-corrected chi connectivity index (χ4v) is 2.11. The van der Waals surface area contributed by atoms with E-state index in [1.807, 2.05) is 32.9 Å². The Morgan fingerprint density at radius 1 is 1.26 bits per heavy atom. The number of thiocarbonyl (C=S) groups is 1. The average molecular weight is 282 g/mol. The molecule has 0 saturated carbocycles. The first kappa shape index (κ1) is 15.7. The van der Waals surface area contributed by atoms with Crippen LogP contribution >= 0.6 is 12.2 Å². The van der Waals surface area contributed by atoms with Crippen LogP contribution in [0.25, 0.3) is 0 Å². The van der Waals surface area contributed by atoms with Gasteiger partial charge >= 0.3 is 0 Å². The minimum atomic E-state index is -0.146. The van der Waals surface area contributed by atoms with Crippen LogP contribution in [0.3, 0.4) is 0 Å². The normalized spacial score (nSPS) is 12.8. The first-order chi connectivity index (χ1) is 8.80. The molecule has 0 amide bonds. The van der Waals surface area contributed by atoms with Gasteiger partial charge in [-0.15, -0.1) is 0 Å². The van der Waals surface area contributed by atoms with Crippen LogP contribution < -0.4 is 10.6 Å². The second-order valence-electron chi connectivity index (χ2n) is 5.60. The van der Waals surface area contributed by atoms with Crippen molar-refractivity contribution in [3.8, 4) is 5.75 Å². The summed E-state index contributed by atoms with van der Waals surface area (Å²) in [6.45, 7) is 6.06. The number of nitrogens with one attached hydrogen (secondary N) is 2. The minimum Gasteiger partial charge on any atom is -0.508 e. The van der Waals surface area contributed by atoms with Gasteiger partial charge in [-0.3, -0.25) is 0 Å². The summed E-state index contributed by atoms with van der Waals surface area (Å²) in [5, 5.41) is 25.4. The van der Waals surface area contributed by atoms with E-state index < -0.39 is 0 Å². The lowest BCUT2D eigenvalue weighted by atomic mass is 10.1. The molecule has 0 aromatic heterocycles. The SMILES string of the molecule is CC(C)(C)NC(=S)NC(CO)Cc1ccc(O)cc1. The zero-order chi connectivity index (χ0) is 14.5. The standard InChI is InChI=1S/C14H22N2O2S/c1-14(2,3)16-13(19)15-11(9-17)8-10-4-6-12(18)7-5-10/h4-7,11,17-18H,8-9H2,1-3H3,(H2,15,16,19). The van der Waals surface area contributed by atoms with Gasteiger partial charge < -0.3 is 20.8 Å². The number of hydrogen-bond acceptors (Lipinski definition) is 3. The summed E-state index contributed by atoms with van der Waals surface area (Å²) < 4.78 is 0. The molecule has 0 spiro atoms. The van der Waals surface area contributed by atoms with Crippen LogP contribution in [0.2, 0.25) is 0 Å². The monoisotopic (exact) mass is 282 g/mol. The fourth-order valence-electron chi connectivity index (χ4n) is 1.64. The molecule has 0 radical (unpaired) electrons. The van der Waals surface area contributed by atoms with Crippen molar-refractivity contribution in [1.82, 2.24) is 10.6 Å². The van der Waals surface area contributed by atoms with Gasteiger partial charge in [0.25, 0.3) is 0 Å². The topological polar surface area (TPSA) is 64.5 Å². The summed E-state index contributed by atoms with van der Waals surface area (Å²) in [6, 6.07) is 6.79. The maximum absolute atomic E-state index is 9.39. The Hall–Kier alpha value is -1.33. The van der Waals surface area contributed by atoms with Crippen LogP contribution in [0.1, 0.15) is 26.3 Å². The van der Waals surface area contributed by atoms with E-state index in [4.69, 9.17) is 12.2 Å². The zero-order valence-electron chi connectivity index (χ0n) is 11.6. The number of aliphatic hydroxyl groups is 1. The molecular formula is C14H22N2O2S. The maximum atomic E-state index is 9.39. The van der Waals surface area contributed by atoms with Crippen molar-refractivity contribution in [2.24, 2.45) is 0 Å². The Morgan fingerprint density at radius 2 is 1.84 bits per heavy atom. The molecule has 5 heteroatoms. The number of hydrogen-bond donors (Lipinski definition) is 4. The molecule has 0 fully saturated rings. The van der Waals surface area contributed by atoms with Crippen molar-refractivity contribution in [2.45, 2.75) is 38.8 Å². The summed E-state index contributed by atoms with van der Waals surface area (Å²) in [5.74, 6) is 0.238. The van der Waals surface area contributed by atoms with Crippen molar-refractivity contribution < 1.29 is 10.2 Å². The molecule has 0 saturated heterocycles. The maximum Gasteiger partial charge on any atom is 0.167 e. The molecule has 1 aromatic carbocycles. The molecule has 1 aromatic rings. The Morgan fingerprint density at radius 3 is 2.32 bits per heavy atom. The Balaban J connectivity index is 2.54. The van der Waals surface area contributed by atoms with Gasteiger partial charge in [0.05, 0.1) is 12.6 Å². The predicted octanol–water partition coefficient (Wildman–Crippen LogP) is 1.56. The van der Waals surface area contributed by atoms with Gasteiger partial charge in [-0.25, -0.2) is 0 Å². The van der Waals surface area contributed by atoms with Crippen LogP contribution in [-0.2, 0) is 6.42 Å². The quantitative estimate of drug-likeness (QED) is 0.631. The number of benzene rings is 1. The average Bonchev–Trinajstić information content (AvgIpc) is 2.28. The van der Waals surface area contributed by atoms with E-state index >= 15 is 0 Å². The first-order valence-corrected chi connectivity index (χ1v) is 6.68. The minimum absolute atomic E-state index is 0.00710. The van der Waals surface area contributed by atoms with Crippen LogP contribution in [0.5, 0.6) is 5.75 Å². The Labute approximate surface area is 119 Å². The molecule has 19 heavy (non-hydrogen) atoms. The molecular weight excluding hydrogens is 260 g/mol. The third-order valence-corrected chi connectivity index (χ3v) is 2.68. The fraction of sp³-hybridized carbons (Fsp3) is 0.500. The molecule has 106 valence electrons. The summed E-state index contributed by atoms with van der Waals surface area (Å²) in [6.07, 6.45) is 0.642. The first-order valence-electron chi connectivity index (χ1n) is 6.27. The van der Waals surface area contributed by atoms with E-state index in [0.717, 1.165) is 5.56 Å². The lowest BCUT2D eigenvalue weighted by Gasteiger charge is -2.26. The van der Waals surface area contributed by atoms with Crippen molar-refractivity contribution in [2.75, 3.05) is 6.61 Å². The Bertz CT molecular complexity index is 412. The molecule has 0 bridgehead atoms. The smallest absolute Gasteiger partial charge is 0.167 e. The third kappa shape index (κ3) is 6.40. The molecule has 1 atom stereocenters. The van der Waals surface area contributed by atoms with Gasteiger partial charge in [0.2, 0.25) is 0 Å². The predicted molar refractivity (Wildman–Crippen MR) is 81.3 cm³/mol. The summed E-state index contributed by atoms with van der Waals surface area (Å²) >= 11 is 5.21. The van der Waals surface area contributed by atoms with E-state index in [0.29, 0.717) is 11.5 Å². The highest BCUT2D eigenvalue weighted by atomic mass is 32.1.